The minimum absolute atomic E-state index is 0.535. The molecule has 0 fully saturated rings. The second-order valence-corrected chi connectivity index (χ2v) is 7.15. The summed E-state index contributed by atoms with van der Waals surface area (Å²) in [5.74, 6) is 1.13. The molecular formula is C19H14BrN7. The second-order valence-electron chi connectivity index (χ2n) is 6.29. The highest BCUT2D eigenvalue weighted by atomic mass is 79.9. The van der Waals surface area contributed by atoms with Crippen molar-refractivity contribution >= 4 is 27.4 Å². The lowest BCUT2D eigenvalue weighted by molar-refractivity contribution is 0.888. The monoisotopic (exact) mass is 419 g/mol. The van der Waals surface area contributed by atoms with Gasteiger partial charge in [-0.1, -0.05) is 30.3 Å². The maximum absolute atomic E-state index is 4.69. The van der Waals surface area contributed by atoms with Crippen molar-refractivity contribution in [2.45, 2.75) is 13.8 Å². The van der Waals surface area contributed by atoms with E-state index in [2.05, 4.69) is 36.0 Å². The van der Waals surface area contributed by atoms with Crippen molar-refractivity contribution in [3.63, 3.8) is 0 Å². The Morgan fingerprint density at radius 1 is 0.963 bits per heavy atom. The molecule has 0 saturated carbocycles. The lowest BCUT2D eigenvalue weighted by Crippen LogP contribution is -1.98. The summed E-state index contributed by atoms with van der Waals surface area (Å²) in [7, 11) is 0. The molecule has 8 heteroatoms. The first kappa shape index (κ1) is 16.1. The highest BCUT2D eigenvalue weighted by Gasteiger charge is 2.17. The zero-order valence-electron chi connectivity index (χ0n) is 14.6. The Labute approximate surface area is 162 Å². The van der Waals surface area contributed by atoms with Crippen molar-refractivity contribution in [2.75, 3.05) is 0 Å². The van der Waals surface area contributed by atoms with E-state index in [1.54, 1.807) is 10.7 Å². The van der Waals surface area contributed by atoms with E-state index < -0.39 is 0 Å². The fourth-order valence-corrected chi connectivity index (χ4v) is 3.48. The molecule has 4 aromatic heterocycles. The lowest BCUT2D eigenvalue weighted by atomic mass is 10.2. The molecule has 0 aliphatic carbocycles. The molecule has 0 aliphatic heterocycles. The maximum Gasteiger partial charge on any atom is 0.235 e. The normalized spacial score (nSPS) is 11.5. The van der Waals surface area contributed by atoms with Crippen LogP contribution in [0.4, 0.5) is 0 Å². The third kappa shape index (κ3) is 2.60. The molecule has 7 nitrogen and oxygen atoms in total. The fraction of sp³-hybridized carbons (Fsp3) is 0.105. The number of nitrogens with zero attached hydrogens (tertiary/aromatic N) is 7. The van der Waals surface area contributed by atoms with Gasteiger partial charge in [0.2, 0.25) is 11.6 Å². The largest absolute Gasteiger partial charge is 0.289 e. The van der Waals surface area contributed by atoms with Crippen molar-refractivity contribution in [1.29, 1.82) is 0 Å². The number of halogens is 1. The molecule has 5 rings (SSSR count). The molecule has 4 heterocycles. The number of aromatic nitrogens is 7. The van der Waals surface area contributed by atoms with Crippen LogP contribution in [-0.4, -0.2) is 34.0 Å². The minimum atomic E-state index is 0.535. The predicted molar refractivity (Wildman–Crippen MR) is 105 cm³/mol. The molecule has 0 N–H and O–H groups in total. The number of rotatable bonds is 2. The first-order valence-corrected chi connectivity index (χ1v) is 9.19. The van der Waals surface area contributed by atoms with Crippen molar-refractivity contribution in [3.8, 4) is 22.8 Å². The number of imidazole rings is 1. The van der Waals surface area contributed by atoms with Gasteiger partial charge in [0, 0.05) is 24.2 Å². The van der Waals surface area contributed by atoms with Crippen molar-refractivity contribution in [2.24, 2.45) is 0 Å². The molecule has 0 atom stereocenters. The average Bonchev–Trinajstić information content (AvgIpc) is 3.29. The summed E-state index contributed by atoms with van der Waals surface area (Å²) >= 11 is 3.60. The Hall–Kier alpha value is -3.13. The summed E-state index contributed by atoms with van der Waals surface area (Å²) in [6, 6.07) is 10.0. The Morgan fingerprint density at radius 3 is 2.56 bits per heavy atom. The number of fused-ring (bicyclic) bond motifs is 2. The van der Waals surface area contributed by atoms with Gasteiger partial charge in [-0.25, -0.2) is 19.5 Å². The van der Waals surface area contributed by atoms with Gasteiger partial charge in [0.25, 0.3) is 0 Å². The van der Waals surface area contributed by atoms with Crippen LogP contribution in [0.2, 0.25) is 0 Å². The number of aryl methyl sites for hydroxylation is 2. The van der Waals surface area contributed by atoms with Crippen LogP contribution in [0.5, 0.6) is 0 Å². The van der Waals surface area contributed by atoms with Crippen molar-refractivity contribution in [1.82, 2.24) is 34.0 Å². The summed E-state index contributed by atoms with van der Waals surface area (Å²) in [4.78, 5) is 18.3. The summed E-state index contributed by atoms with van der Waals surface area (Å²) in [6.45, 7) is 3.87. The van der Waals surface area contributed by atoms with Gasteiger partial charge in [0.15, 0.2) is 5.65 Å². The van der Waals surface area contributed by atoms with Crippen LogP contribution in [0.3, 0.4) is 0 Å². The third-order valence-corrected chi connectivity index (χ3v) is 4.97. The molecule has 0 saturated heterocycles. The molecule has 0 radical (unpaired) electrons. The van der Waals surface area contributed by atoms with Gasteiger partial charge in [-0.3, -0.25) is 9.38 Å². The topological polar surface area (TPSA) is 73.3 Å². The van der Waals surface area contributed by atoms with E-state index in [1.165, 1.54) is 0 Å². The van der Waals surface area contributed by atoms with E-state index >= 15 is 0 Å². The Morgan fingerprint density at radius 2 is 1.78 bits per heavy atom. The van der Waals surface area contributed by atoms with Gasteiger partial charge in [0.05, 0.1) is 21.6 Å². The lowest BCUT2D eigenvalue weighted by Gasteiger charge is -2.00. The van der Waals surface area contributed by atoms with E-state index in [0.29, 0.717) is 17.3 Å². The van der Waals surface area contributed by atoms with Gasteiger partial charge in [0.1, 0.15) is 5.69 Å². The van der Waals surface area contributed by atoms with Crippen molar-refractivity contribution in [3.05, 3.63) is 64.8 Å². The zero-order chi connectivity index (χ0) is 18.5. The minimum Gasteiger partial charge on any atom is -0.289 e. The molecule has 0 aliphatic rings. The predicted octanol–water partition coefficient (Wildman–Crippen LogP) is 3.88. The molecule has 5 aromatic rings. The average molecular weight is 420 g/mol. The molecule has 0 unspecified atom stereocenters. The summed E-state index contributed by atoms with van der Waals surface area (Å²) in [5.41, 5.74) is 5.03. The highest BCUT2D eigenvalue weighted by Crippen LogP contribution is 2.27. The first-order valence-electron chi connectivity index (χ1n) is 8.40. The number of benzene rings is 1. The van der Waals surface area contributed by atoms with E-state index in [0.717, 1.165) is 32.8 Å². The van der Waals surface area contributed by atoms with Crippen LogP contribution in [-0.2, 0) is 0 Å². The highest BCUT2D eigenvalue weighted by molar-refractivity contribution is 9.10. The Balaban J connectivity index is 1.69. The standard InChI is InChI=1S/C19H14BrN7/c1-11-8-21-12(2)18-24-17(25-27(11)18)16-14(20)9-26-10-15(22-19(26)23-16)13-6-4-3-5-7-13/h3-10H,1-2H3. The molecule has 0 spiro atoms. The molecule has 27 heavy (non-hydrogen) atoms. The van der Waals surface area contributed by atoms with E-state index in [-0.39, 0.29) is 0 Å². The first-order chi connectivity index (χ1) is 13.1. The SMILES string of the molecule is Cc1ncc(C)n2nc(-c3nc4nc(-c5ccccc5)cn4cc3Br)nc12. The molecule has 0 bridgehead atoms. The summed E-state index contributed by atoms with van der Waals surface area (Å²) in [6.07, 6.45) is 5.68. The van der Waals surface area contributed by atoms with Crippen molar-refractivity contribution < 1.29 is 0 Å². The molecule has 132 valence electrons. The maximum atomic E-state index is 4.69. The Bertz CT molecular complexity index is 1270. The van der Waals surface area contributed by atoms with E-state index in [1.807, 2.05) is 61.0 Å². The van der Waals surface area contributed by atoms with E-state index in [9.17, 15) is 0 Å². The van der Waals surface area contributed by atoms with Crippen LogP contribution in [0.25, 0.3) is 34.2 Å². The quantitative estimate of drug-likeness (QED) is 0.434. The van der Waals surface area contributed by atoms with Crippen LogP contribution in [0, 0.1) is 13.8 Å². The number of hydrogen-bond donors (Lipinski definition) is 0. The van der Waals surface area contributed by atoms with Crippen LogP contribution >= 0.6 is 15.9 Å². The van der Waals surface area contributed by atoms with Gasteiger partial charge >= 0.3 is 0 Å². The van der Waals surface area contributed by atoms with Crippen LogP contribution in [0.1, 0.15) is 11.4 Å². The van der Waals surface area contributed by atoms with Gasteiger partial charge in [-0.15, -0.1) is 5.10 Å². The van der Waals surface area contributed by atoms with E-state index in [4.69, 9.17) is 4.98 Å². The van der Waals surface area contributed by atoms with Crippen LogP contribution in [0.15, 0.2) is 53.4 Å². The zero-order valence-corrected chi connectivity index (χ0v) is 16.2. The molecular weight excluding hydrogens is 406 g/mol. The summed E-state index contributed by atoms with van der Waals surface area (Å²) in [5, 5.41) is 4.61. The summed E-state index contributed by atoms with van der Waals surface area (Å²) < 4.78 is 4.48. The third-order valence-electron chi connectivity index (χ3n) is 4.39. The van der Waals surface area contributed by atoms with Gasteiger partial charge in [-0.05, 0) is 29.8 Å². The van der Waals surface area contributed by atoms with Gasteiger partial charge < -0.3 is 0 Å². The fourth-order valence-electron chi connectivity index (χ4n) is 3.00. The van der Waals surface area contributed by atoms with Gasteiger partial charge in [-0.2, -0.15) is 0 Å². The molecule has 1 aromatic carbocycles. The second kappa shape index (κ2) is 5.95. The molecule has 0 amide bonds. The smallest absolute Gasteiger partial charge is 0.235 e. The number of hydrogen-bond acceptors (Lipinski definition) is 5. The Kier molecular flexibility index (Phi) is 3.54. The van der Waals surface area contributed by atoms with Crippen LogP contribution < -0.4 is 0 Å².